The van der Waals surface area contributed by atoms with Crippen LogP contribution in [-0.2, 0) is 21.1 Å². The molecule has 6 heteroatoms. The van der Waals surface area contributed by atoms with Gasteiger partial charge < -0.3 is 10.6 Å². The van der Waals surface area contributed by atoms with E-state index in [0.29, 0.717) is 6.42 Å². The Balaban J connectivity index is 1.96. The molecule has 110 valence electrons. The van der Waals surface area contributed by atoms with Gasteiger partial charge in [-0.3, -0.25) is 4.79 Å². The highest BCUT2D eigenvalue weighted by molar-refractivity contribution is 7.92. The zero-order valence-corrected chi connectivity index (χ0v) is 12.8. The van der Waals surface area contributed by atoms with Crippen LogP contribution in [0.3, 0.4) is 0 Å². The Hall–Kier alpha value is -1.56. The van der Waals surface area contributed by atoms with E-state index in [1.165, 1.54) is 6.26 Å². The number of anilines is 1. The maximum absolute atomic E-state index is 12.1. The van der Waals surface area contributed by atoms with E-state index in [-0.39, 0.29) is 18.5 Å². The molecule has 1 aromatic rings. The van der Waals surface area contributed by atoms with Crippen molar-refractivity contribution in [3.05, 3.63) is 29.8 Å². The van der Waals surface area contributed by atoms with Gasteiger partial charge in [-0.05, 0) is 25.5 Å². The van der Waals surface area contributed by atoms with E-state index in [2.05, 4.69) is 10.6 Å². The number of sulfone groups is 1. The van der Waals surface area contributed by atoms with Crippen molar-refractivity contribution < 1.29 is 13.2 Å². The summed E-state index contributed by atoms with van der Waals surface area (Å²) in [6, 6.07) is 7.44. The first-order valence-corrected chi connectivity index (χ1v) is 8.41. The number of fused-ring (bicyclic) bond motifs is 1. The summed E-state index contributed by atoms with van der Waals surface area (Å²) in [4.78, 5) is 12.1. The third-order valence-corrected chi connectivity index (χ3v) is 5.93. The van der Waals surface area contributed by atoms with Crippen LogP contribution in [0.1, 0.15) is 19.4 Å². The summed E-state index contributed by atoms with van der Waals surface area (Å²) in [6.07, 6.45) is 1.81. The molecule has 0 saturated carbocycles. The number of carbonyl (C=O) groups excluding carboxylic acids is 1. The molecule has 2 N–H and O–H groups in total. The van der Waals surface area contributed by atoms with Crippen LogP contribution in [0.4, 0.5) is 5.69 Å². The topological polar surface area (TPSA) is 75.3 Å². The fourth-order valence-electron chi connectivity index (χ4n) is 2.01. The zero-order chi connectivity index (χ0) is 15.0. The quantitative estimate of drug-likeness (QED) is 0.868. The Kier molecular flexibility index (Phi) is 3.77. The molecule has 1 aromatic carbocycles. The van der Waals surface area contributed by atoms with Gasteiger partial charge in [0.05, 0.1) is 4.75 Å². The Morgan fingerprint density at radius 2 is 2.05 bits per heavy atom. The lowest BCUT2D eigenvalue weighted by Crippen LogP contribution is -2.47. The lowest BCUT2D eigenvalue weighted by Gasteiger charge is -2.23. The molecule has 0 radical (unpaired) electrons. The standard InChI is InChI=1S/C14H20N2O3S/c1-14(2,20(3,18)19)9-15-13(17)12-8-10-6-4-5-7-11(10)16-12/h4-7,12,16H,8-9H2,1-3H3,(H,15,17). The van der Waals surface area contributed by atoms with Gasteiger partial charge in [0.15, 0.2) is 9.84 Å². The molecule has 0 bridgehead atoms. The Bertz CT molecular complexity index is 598. The van der Waals surface area contributed by atoms with Gasteiger partial charge in [-0.1, -0.05) is 18.2 Å². The van der Waals surface area contributed by atoms with Crippen LogP contribution in [0.15, 0.2) is 24.3 Å². The molecule has 2 rings (SSSR count). The van der Waals surface area contributed by atoms with Gasteiger partial charge in [0.25, 0.3) is 0 Å². The minimum absolute atomic E-state index is 0.110. The lowest BCUT2D eigenvalue weighted by atomic mass is 10.1. The lowest BCUT2D eigenvalue weighted by molar-refractivity contribution is -0.121. The van der Waals surface area contributed by atoms with E-state index >= 15 is 0 Å². The Morgan fingerprint density at radius 3 is 2.65 bits per heavy atom. The van der Waals surface area contributed by atoms with Crippen molar-refractivity contribution in [2.24, 2.45) is 0 Å². The van der Waals surface area contributed by atoms with E-state index in [0.717, 1.165) is 11.3 Å². The molecular formula is C14H20N2O3S. The molecule has 1 amide bonds. The zero-order valence-electron chi connectivity index (χ0n) is 11.9. The van der Waals surface area contributed by atoms with E-state index in [1.54, 1.807) is 13.8 Å². The van der Waals surface area contributed by atoms with Crippen molar-refractivity contribution >= 4 is 21.4 Å². The minimum atomic E-state index is -3.21. The van der Waals surface area contributed by atoms with E-state index in [1.807, 2.05) is 24.3 Å². The molecule has 20 heavy (non-hydrogen) atoms. The third kappa shape index (κ3) is 2.95. The summed E-state index contributed by atoms with van der Waals surface area (Å²) in [7, 11) is -3.21. The van der Waals surface area contributed by atoms with Crippen LogP contribution >= 0.6 is 0 Å². The van der Waals surface area contributed by atoms with Gasteiger partial charge in [0.1, 0.15) is 6.04 Å². The summed E-state index contributed by atoms with van der Waals surface area (Å²) in [6.45, 7) is 3.33. The molecule has 0 fully saturated rings. The average molecular weight is 296 g/mol. The molecule has 1 aliphatic rings. The van der Waals surface area contributed by atoms with Gasteiger partial charge in [-0.15, -0.1) is 0 Å². The fraction of sp³-hybridized carbons (Fsp3) is 0.500. The van der Waals surface area contributed by atoms with E-state index < -0.39 is 14.6 Å². The summed E-state index contributed by atoms with van der Waals surface area (Å²) < 4.78 is 22.2. The molecule has 5 nitrogen and oxygen atoms in total. The summed E-state index contributed by atoms with van der Waals surface area (Å²) in [5, 5.41) is 5.87. The highest BCUT2D eigenvalue weighted by Crippen LogP contribution is 2.25. The number of benzene rings is 1. The number of hydrogen-bond acceptors (Lipinski definition) is 4. The molecule has 0 aliphatic carbocycles. The molecule has 0 saturated heterocycles. The van der Waals surface area contributed by atoms with Crippen LogP contribution in [0.2, 0.25) is 0 Å². The van der Waals surface area contributed by atoms with Gasteiger partial charge in [0.2, 0.25) is 5.91 Å². The van der Waals surface area contributed by atoms with Crippen LogP contribution in [-0.4, -0.2) is 37.9 Å². The summed E-state index contributed by atoms with van der Waals surface area (Å²) >= 11 is 0. The highest BCUT2D eigenvalue weighted by atomic mass is 32.2. The second-order valence-electron chi connectivity index (χ2n) is 5.81. The predicted octanol–water partition coefficient (Wildman–Crippen LogP) is 0.963. The Morgan fingerprint density at radius 1 is 1.40 bits per heavy atom. The predicted molar refractivity (Wildman–Crippen MR) is 79.5 cm³/mol. The fourth-order valence-corrected chi connectivity index (χ4v) is 2.34. The third-order valence-electron chi connectivity index (χ3n) is 3.78. The average Bonchev–Trinajstić information content (AvgIpc) is 2.78. The number of rotatable bonds is 4. The Labute approximate surface area is 119 Å². The molecule has 0 spiro atoms. The smallest absolute Gasteiger partial charge is 0.242 e. The number of nitrogens with one attached hydrogen (secondary N) is 2. The first-order valence-electron chi connectivity index (χ1n) is 6.52. The number of amides is 1. The minimum Gasteiger partial charge on any atom is -0.373 e. The largest absolute Gasteiger partial charge is 0.373 e. The van der Waals surface area contributed by atoms with Gasteiger partial charge >= 0.3 is 0 Å². The SMILES string of the molecule is CC(C)(CNC(=O)C1Cc2ccccc2N1)S(C)(=O)=O. The van der Waals surface area contributed by atoms with Crippen molar-refractivity contribution in [1.29, 1.82) is 0 Å². The van der Waals surface area contributed by atoms with Crippen molar-refractivity contribution in [3.8, 4) is 0 Å². The van der Waals surface area contributed by atoms with Crippen molar-refractivity contribution in [2.45, 2.75) is 31.1 Å². The second kappa shape index (κ2) is 5.09. The van der Waals surface area contributed by atoms with E-state index in [4.69, 9.17) is 0 Å². The maximum Gasteiger partial charge on any atom is 0.242 e. The molecular weight excluding hydrogens is 276 g/mol. The number of para-hydroxylation sites is 1. The van der Waals surface area contributed by atoms with Crippen molar-refractivity contribution in [2.75, 3.05) is 18.1 Å². The highest BCUT2D eigenvalue weighted by Gasteiger charge is 2.32. The summed E-state index contributed by atoms with van der Waals surface area (Å²) in [5.74, 6) is -0.169. The number of hydrogen-bond donors (Lipinski definition) is 2. The monoisotopic (exact) mass is 296 g/mol. The number of carbonyl (C=O) groups is 1. The molecule has 1 unspecified atom stereocenters. The van der Waals surface area contributed by atoms with E-state index in [9.17, 15) is 13.2 Å². The van der Waals surface area contributed by atoms with Crippen LogP contribution in [0, 0.1) is 0 Å². The van der Waals surface area contributed by atoms with Gasteiger partial charge in [-0.25, -0.2) is 8.42 Å². The van der Waals surface area contributed by atoms with Gasteiger partial charge in [-0.2, -0.15) is 0 Å². The molecule has 1 atom stereocenters. The van der Waals surface area contributed by atoms with Crippen LogP contribution in [0.25, 0.3) is 0 Å². The van der Waals surface area contributed by atoms with Crippen LogP contribution in [0.5, 0.6) is 0 Å². The first-order chi connectivity index (χ1) is 9.21. The summed E-state index contributed by atoms with van der Waals surface area (Å²) in [5.41, 5.74) is 2.07. The van der Waals surface area contributed by atoms with Crippen LogP contribution < -0.4 is 10.6 Å². The maximum atomic E-state index is 12.1. The van der Waals surface area contributed by atoms with Crippen molar-refractivity contribution in [3.63, 3.8) is 0 Å². The van der Waals surface area contributed by atoms with Crippen molar-refractivity contribution in [1.82, 2.24) is 5.32 Å². The second-order valence-corrected chi connectivity index (χ2v) is 8.46. The molecule has 0 aromatic heterocycles. The first kappa shape index (κ1) is 14.8. The normalized spacial score (nSPS) is 18.2. The molecule has 1 aliphatic heterocycles. The molecule has 1 heterocycles. The van der Waals surface area contributed by atoms with Gasteiger partial charge in [0, 0.05) is 24.9 Å².